The number of anilines is 1. The minimum absolute atomic E-state index is 0.154. The molecule has 0 spiro atoms. The Hall–Kier alpha value is -1.88. The number of primary amides is 1. The van der Waals surface area contributed by atoms with Crippen LogP contribution >= 0.6 is 0 Å². The molecule has 0 aromatic heterocycles. The summed E-state index contributed by atoms with van der Waals surface area (Å²) in [4.78, 5) is 22.4. The fraction of sp³-hybridized carbons (Fsp3) is 0.385. The molecule has 1 atom stereocenters. The Bertz CT molecular complexity index is 458. The van der Waals surface area contributed by atoms with Crippen molar-refractivity contribution in [3.05, 3.63) is 29.3 Å². The lowest BCUT2D eigenvalue weighted by atomic mass is 10.1. The fourth-order valence-electron chi connectivity index (χ4n) is 1.67. The highest BCUT2D eigenvalue weighted by Crippen LogP contribution is 2.16. The van der Waals surface area contributed by atoms with Crippen LogP contribution in [0.2, 0.25) is 0 Å². The number of benzene rings is 1. The van der Waals surface area contributed by atoms with E-state index in [1.807, 2.05) is 32.0 Å². The van der Waals surface area contributed by atoms with Gasteiger partial charge in [-0.05, 0) is 36.6 Å². The molecule has 5 heteroatoms. The van der Waals surface area contributed by atoms with Crippen molar-refractivity contribution in [2.45, 2.75) is 32.7 Å². The Labute approximate surface area is 107 Å². The summed E-state index contributed by atoms with van der Waals surface area (Å²) in [6, 6.07) is 4.75. The molecule has 1 aromatic rings. The Morgan fingerprint density at radius 3 is 2.61 bits per heavy atom. The van der Waals surface area contributed by atoms with Crippen LogP contribution in [0.3, 0.4) is 0 Å². The quantitative estimate of drug-likeness (QED) is 0.716. The molecule has 98 valence electrons. The Morgan fingerprint density at radius 2 is 2.06 bits per heavy atom. The minimum Gasteiger partial charge on any atom is -0.370 e. The maximum absolute atomic E-state index is 11.7. The van der Waals surface area contributed by atoms with Gasteiger partial charge in [-0.25, -0.2) is 0 Å². The molecular weight excluding hydrogens is 230 g/mol. The number of amides is 2. The predicted octanol–water partition coefficient (Wildman–Crippen LogP) is 0.699. The van der Waals surface area contributed by atoms with E-state index in [1.54, 1.807) is 0 Å². The molecule has 0 heterocycles. The van der Waals surface area contributed by atoms with Crippen molar-refractivity contribution in [1.29, 1.82) is 0 Å². The van der Waals surface area contributed by atoms with E-state index in [-0.39, 0.29) is 6.42 Å². The Morgan fingerprint density at radius 1 is 1.39 bits per heavy atom. The van der Waals surface area contributed by atoms with E-state index in [1.165, 1.54) is 5.56 Å². The van der Waals surface area contributed by atoms with Gasteiger partial charge in [-0.2, -0.15) is 0 Å². The summed E-state index contributed by atoms with van der Waals surface area (Å²) in [5.74, 6) is -0.990. The van der Waals surface area contributed by atoms with Gasteiger partial charge < -0.3 is 16.8 Å². The molecule has 1 rings (SSSR count). The number of nitrogens with two attached hydrogens (primary N) is 2. The van der Waals surface area contributed by atoms with Crippen LogP contribution in [0.4, 0.5) is 5.69 Å². The lowest BCUT2D eigenvalue weighted by molar-refractivity contribution is -0.123. The Kier molecular flexibility index (Phi) is 4.85. The van der Waals surface area contributed by atoms with E-state index in [0.717, 1.165) is 12.0 Å². The van der Waals surface area contributed by atoms with Crippen LogP contribution < -0.4 is 16.8 Å². The van der Waals surface area contributed by atoms with Gasteiger partial charge in [-0.15, -0.1) is 0 Å². The standard InChI is InChI=1S/C13H19N3O2/c1-3-9-6-10(5-4-8(9)2)16-13(18)11(14)7-12(15)17/h4-6,11H,3,7,14H2,1-2H3,(H2,15,17)(H,16,18). The average Bonchev–Trinajstić information content (AvgIpc) is 2.30. The van der Waals surface area contributed by atoms with Crippen molar-refractivity contribution in [2.24, 2.45) is 11.5 Å². The van der Waals surface area contributed by atoms with Crippen LogP contribution in [-0.2, 0) is 16.0 Å². The number of aryl methyl sites for hydroxylation is 2. The molecule has 0 aliphatic rings. The van der Waals surface area contributed by atoms with Crippen molar-refractivity contribution in [3.63, 3.8) is 0 Å². The number of hydrogen-bond acceptors (Lipinski definition) is 3. The fourth-order valence-corrected chi connectivity index (χ4v) is 1.67. The smallest absolute Gasteiger partial charge is 0.241 e. The summed E-state index contributed by atoms with van der Waals surface area (Å²) >= 11 is 0. The maximum atomic E-state index is 11.7. The number of carbonyl (C=O) groups excluding carboxylic acids is 2. The molecule has 0 saturated heterocycles. The molecule has 2 amide bonds. The number of hydrogen-bond donors (Lipinski definition) is 3. The molecule has 0 saturated carbocycles. The molecule has 0 fully saturated rings. The summed E-state index contributed by atoms with van der Waals surface area (Å²) in [5, 5.41) is 2.68. The minimum atomic E-state index is -0.908. The van der Waals surface area contributed by atoms with Gasteiger partial charge in [0.25, 0.3) is 0 Å². The van der Waals surface area contributed by atoms with E-state index in [4.69, 9.17) is 11.5 Å². The first kappa shape index (κ1) is 14.2. The average molecular weight is 249 g/mol. The SMILES string of the molecule is CCc1cc(NC(=O)C(N)CC(N)=O)ccc1C. The zero-order valence-corrected chi connectivity index (χ0v) is 10.7. The molecule has 0 aliphatic carbocycles. The third kappa shape index (κ3) is 3.85. The van der Waals surface area contributed by atoms with E-state index in [0.29, 0.717) is 5.69 Å². The van der Waals surface area contributed by atoms with Gasteiger partial charge in [0.15, 0.2) is 0 Å². The largest absolute Gasteiger partial charge is 0.370 e. The highest BCUT2D eigenvalue weighted by Gasteiger charge is 2.16. The van der Waals surface area contributed by atoms with Crippen LogP contribution in [0.25, 0.3) is 0 Å². The number of rotatable bonds is 5. The molecule has 18 heavy (non-hydrogen) atoms. The first-order valence-corrected chi connectivity index (χ1v) is 5.88. The van der Waals surface area contributed by atoms with Gasteiger partial charge >= 0.3 is 0 Å². The predicted molar refractivity (Wildman–Crippen MR) is 71.0 cm³/mol. The van der Waals surface area contributed by atoms with Gasteiger partial charge in [0, 0.05) is 5.69 Å². The third-order valence-electron chi connectivity index (χ3n) is 2.76. The highest BCUT2D eigenvalue weighted by molar-refractivity contribution is 5.97. The second-order valence-corrected chi connectivity index (χ2v) is 4.26. The zero-order chi connectivity index (χ0) is 13.7. The monoisotopic (exact) mass is 249 g/mol. The second-order valence-electron chi connectivity index (χ2n) is 4.26. The molecule has 5 nitrogen and oxygen atoms in total. The number of carbonyl (C=O) groups is 2. The van der Waals surface area contributed by atoms with Gasteiger partial charge in [0.05, 0.1) is 12.5 Å². The second kappa shape index (κ2) is 6.16. The van der Waals surface area contributed by atoms with Crippen LogP contribution in [0.1, 0.15) is 24.5 Å². The molecule has 1 aromatic carbocycles. The van der Waals surface area contributed by atoms with Crippen LogP contribution in [0.5, 0.6) is 0 Å². The normalized spacial score (nSPS) is 11.9. The first-order chi connectivity index (χ1) is 8.43. The number of nitrogens with one attached hydrogen (secondary N) is 1. The molecular formula is C13H19N3O2. The van der Waals surface area contributed by atoms with Gasteiger partial charge in [-0.3, -0.25) is 9.59 Å². The lowest BCUT2D eigenvalue weighted by Crippen LogP contribution is -2.39. The highest BCUT2D eigenvalue weighted by atomic mass is 16.2. The molecule has 0 aliphatic heterocycles. The van der Waals surface area contributed by atoms with Crippen molar-refractivity contribution >= 4 is 17.5 Å². The third-order valence-corrected chi connectivity index (χ3v) is 2.76. The van der Waals surface area contributed by atoms with E-state index < -0.39 is 17.9 Å². The molecule has 1 unspecified atom stereocenters. The van der Waals surface area contributed by atoms with Crippen LogP contribution in [0, 0.1) is 6.92 Å². The van der Waals surface area contributed by atoms with E-state index >= 15 is 0 Å². The molecule has 0 bridgehead atoms. The summed E-state index contributed by atoms with van der Waals surface area (Å²) in [7, 11) is 0. The summed E-state index contributed by atoms with van der Waals surface area (Å²) < 4.78 is 0. The van der Waals surface area contributed by atoms with Gasteiger partial charge in [-0.1, -0.05) is 13.0 Å². The Balaban J connectivity index is 2.72. The van der Waals surface area contributed by atoms with Crippen molar-refractivity contribution in [1.82, 2.24) is 0 Å². The summed E-state index contributed by atoms with van der Waals surface area (Å²) in [6.45, 7) is 4.07. The zero-order valence-electron chi connectivity index (χ0n) is 10.7. The van der Waals surface area contributed by atoms with Crippen molar-refractivity contribution in [2.75, 3.05) is 5.32 Å². The van der Waals surface area contributed by atoms with E-state index in [2.05, 4.69) is 5.32 Å². The maximum Gasteiger partial charge on any atom is 0.241 e. The molecule has 5 N–H and O–H groups in total. The van der Waals surface area contributed by atoms with Crippen LogP contribution in [-0.4, -0.2) is 17.9 Å². The van der Waals surface area contributed by atoms with Crippen molar-refractivity contribution in [3.8, 4) is 0 Å². The molecule has 0 radical (unpaired) electrons. The summed E-state index contributed by atoms with van der Waals surface area (Å²) in [5.41, 5.74) is 13.6. The van der Waals surface area contributed by atoms with Crippen LogP contribution in [0.15, 0.2) is 18.2 Å². The first-order valence-electron chi connectivity index (χ1n) is 5.88. The lowest BCUT2D eigenvalue weighted by Gasteiger charge is -2.12. The van der Waals surface area contributed by atoms with Gasteiger partial charge in [0.2, 0.25) is 11.8 Å². The van der Waals surface area contributed by atoms with Crippen molar-refractivity contribution < 1.29 is 9.59 Å². The van der Waals surface area contributed by atoms with Gasteiger partial charge in [0.1, 0.15) is 0 Å². The summed E-state index contributed by atoms with van der Waals surface area (Å²) in [6.07, 6.45) is 0.737. The topological polar surface area (TPSA) is 98.2 Å². The van der Waals surface area contributed by atoms with E-state index in [9.17, 15) is 9.59 Å².